The molecule has 0 aromatic carbocycles. The van der Waals surface area contributed by atoms with Gasteiger partial charge in [0.05, 0.1) is 0 Å². The third-order valence-corrected chi connectivity index (χ3v) is 16.1. The average molecular weight is 281 g/mol. The summed E-state index contributed by atoms with van der Waals surface area (Å²) in [6, 6.07) is 0. The molecule has 1 rings (SSSR count). The van der Waals surface area contributed by atoms with Crippen molar-refractivity contribution in [3.8, 4) is 0 Å². The van der Waals surface area contributed by atoms with Gasteiger partial charge >= 0.3 is 26.0 Å². The van der Waals surface area contributed by atoms with E-state index < -0.39 is 26.0 Å². The van der Waals surface area contributed by atoms with Crippen LogP contribution in [0.2, 0.25) is 26.2 Å². The molecule has 0 saturated carbocycles. The van der Waals surface area contributed by atoms with Gasteiger partial charge in [0.2, 0.25) is 0 Å². The Morgan fingerprint density at radius 1 is 0.625 bits per heavy atom. The lowest BCUT2D eigenvalue weighted by Crippen LogP contribution is -2.74. The molecule has 8 heteroatoms. The average Bonchev–Trinajstić information content (AvgIpc) is 1.98. The van der Waals surface area contributed by atoms with E-state index in [2.05, 4.69) is 35.3 Å². The van der Waals surface area contributed by atoms with E-state index in [9.17, 15) is 0 Å². The van der Waals surface area contributed by atoms with Crippen LogP contribution in [-0.2, 0) is 12.3 Å². The molecule has 1 fully saturated rings. The van der Waals surface area contributed by atoms with Gasteiger partial charge in [0.25, 0.3) is 0 Å². The van der Waals surface area contributed by atoms with Crippen LogP contribution in [0.4, 0.5) is 0 Å². The summed E-state index contributed by atoms with van der Waals surface area (Å²) in [6.07, 6.45) is 0. The second kappa shape index (κ2) is 4.28. The molecular weight excluding hydrogens is 256 g/mol. The predicted molar refractivity (Wildman–Crippen MR) is 71.3 cm³/mol. The minimum Gasteiger partial charge on any atom is -0.404 e. The highest BCUT2D eigenvalue weighted by atomic mass is 28.5. The monoisotopic (exact) mass is 280 g/mol. The van der Waals surface area contributed by atoms with Gasteiger partial charge < -0.3 is 12.3 Å². The minimum absolute atomic E-state index is 2.02. The standard InChI is InChI=1S/C8H24N2O3Si3/c1-9(2)15(7)11-14(5,6)12-16(8,13-15)10(3)4/h1-8H3. The van der Waals surface area contributed by atoms with Crippen molar-refractivity contribution in [2.45, 2.75) is 26.2 Å². The molecule has 0 amide bonds. The number of hydrogen-bond donors (Lipinski definition) is 0. The largest absolute Gasteiger partial charge is 0.407 e. The van der Waals surface area contributed by atoms with Crippen LogP contribution in [0.3, 0.4) is 0 Å². The Labute approximate surface area is 102 Å². The van der Waals surface area contributed by atoms with Gasteiger partial charge in [-0.05, 0) is 54.4 Å². The lowest BCUT2D eigenvalue weighted by molar-refractivity contribution is 0.159. The molecule has 1 aliphatic heterocycles. The van der Waals surface area contributed by atoms with Crippen LogP contribution < -0.4 is 0 Å². The highest BCUT2D eigenvalue weighted by molar-refractivity contribution is 6.91. The molecule has 2 atom stereocenters. The molecule has 5 nitrogen and oxygen atoms in total. The summed E-state index contributed by atoms with van der Waals surface area (Å²) in [5.41, 5.74) is 0. The maximum Gasteiger partial charge on any atom is 0.407 e. The molecule has 0 aliphatic carbocycles. The second-order valence-corrected chi connectivity index (χ2v) is 15.9. The van der Waals surface area contributed by atoms with Crippen LogP contribution in [0.1, 0.15) is 0 Å². The summed E-state index contributed by atoms with van der Waals surface area (Å²) >= 11 is 0. The summed E-state index contributed by atoms with van der Waals surface area (Å²) in [7, 11) is 1.49. The maximum absolute atomic E-state index is 6.24. The van der Waals surface area contributed by atoms with Gasteiger partial charge in [-0.15, -0.1) is 0 Å². The van der Waals surface area contributed by atoms with Gasteiger partial charge in [0, 0.05) is 0 Å². The first-order valence-corrected chi connectivity index (χ1v) is 12.8. The van der Waals surface area contributed by atoms with Crippen LogP contribution in [-0.4, -0.2) is 63.3 Å². The fraction of sp³-hybridized carbons (Fsp3) is 1.00. The zero-order valence-electron chi connectivity index (χ0n) is 11.6. The summed E-state index contributed by atoms with van der Waals surface area (Å²) < 4.78 is 22.7. The fourth-order valence-electron chi connectivity index (χ4n) is 1.69. The van der Waals surface area contributed by atoms with Crippen molar-refractivity contribution < 1.29 is 12.3 Å². The third-order valence-electron chi connectivity index (χ3n) is 2.87. The highest BCUT2D eigenvalue weighted by Gasteiger charge is 2.58. The fourth-order valence-corrected chi connectivity index (χ4v) is 16.3. The number of hydrogen-bond acceptors (Lipinski definition) is 5. The third kappa shape index (κ3) is 2.82. The summed E-state index contributed by atoms with van der Waals surface area (Å²) in [5.74, 6) is 0. The van der Waals surface area contributed by atoms with E-state index in [1.165, 1.54) is 0 Å². The minimum atomic E-state index is -2.26. The molecule has 1 aliphatic rings. The Balaban J connectivity index is 3.03. The van der Waals surface area contributed by atoms with Crippen molar-refractivity contribution >= 4 is 26.0 Å². The van der Waals surface area contributed by atoms with Crippen molar-refractivity contribution in [3.63, 3.8) is 0 Å². The van der Waals surface area contributed by atoms with Crippen molar-refractivity contribution in [2.24, 2.45) is 0 Å². The molecule has 2 unspecified atom stereocenters. The van der Waals surface area contributed by atoms with Crippen LogP contribution in [0.25, 0.3) is 0 Å². The Morgan fingerprint density at radius 3 is 1.19 bits per heavy atom. The molecule has 0 aromatic heterocycles. The van der Waals surface area contributed by atoms with E-state index in [1.54, 1.807) is 0 Å². The Bertz CT molecular complexity index is 253. The summed E-state index contributed by atoms with van der Waals surface area (Å²) in [5, 5.41) is 0. The van der Waals surface area contributed by atoms with Crippen molar-refractivity contribution in [3.05, 3.63) is 0 Å². The van der Waals surface area contributed by atoms with E-state index in [0.29, 0.717) is 0 Å². The maximum atomic E-state index is 6.24. The molecule has 1 heterocycles. The second-order valence-electron chi connectivity index (χ2n) is 5.29. The molecule has 16 heavy (non-hydrogen) atoms. The first kappa shape index (κ1) is 14.5. The number of nitrogens with zero attached hydrogens (tertiary/aromatic N) is 2. The number of rotatable bonds is 2. The van der Waals surface area contributed by atoms with E-state index in [-0.39, 0.29) is 0 Å². The van der Waals surface area contributed by atoms with Gasteiger partial charge in [-0.25, -0.2) is 0 Å². The van der Waals surface area contributed by atoms with E-state index in [1.807, 2.05) is 28.2 Å². The zero-order valence-corrected chi connectivity index (χ0v) is 14.6. The van der Waals surface area contributed by atoms with Crippen LogP contribution in [0.5, 0.6) is 0 Å². The first-order chi connectivity index (χ1) is 7.01. The summed E-state index contributed by atoms with van der Waals surface area (Å²) in [4.78, 5) is 0. The molecule has 96 valence electrons. The van der Waals surface area contributed by atoms with E-state index in [4.69, 9.17) is 12.3 Å². The Hall–Kier alpha value is 0.451. The SMILES string of the molecule is CN(C)[Si]1(C)O[Si](C)(C)O[Si](C)(N(C)C)O1. The van der Waals surface area contributed by atoms with Gasteiger partial charge in [0.1, 0.15) is 0 Å². The molecule has 0 aromatic rings. The molecular formula is C8H24N2O3Si3. The van der Waals surface area contributed by atoms with Crippen molar-refractivity contribution in [2.75, 3.05) is 28.2 Å². The van der Waals surface area contributed by atoms with Gasteiger partial charge in [-0.3, -0.25) is 9.13 Å². The van der Waals surface area contributed by atoms with Gasteiger partial charge in [-0.1, -0.05) is 0 Å². The molecule has 0 radical (unpaired) electrons. The van der Waals surface area contributed by atoms with Crippen LogP contribution in [0, 0.1) is 0 Å². The van der Waals surface area contributed by atoms with Crippen molar-refractivity contribution in [1.29, 1.82) is 0 Å². The van der Waals surface area contributed by atoms with E-state index >= 15 is 0 Å². The normalized spacial score (nSPS) is 39.4. The summed E-state index contributed by atoms with van der Waals surface area (Å²) in [6.45, 7) is 8.38. The Kier molecular flexibility index (Phi) is 3.88. The van der Waals surface area contributed by atoms with Crippen molar-refractivity contribution in [1.82, 2.24) is 9.13 Å². The smallest absolute Gasteiger partial charge is 0.404 e. The lowest BCUT2D eigenvalue weighted by atomic mass is 11.3. The van der Waals surface area contributed by atoms with Gasteiger partial charge in [-0.2, -0.15) is 0 Å². The topological polar surface area (TPSA) is 34.2 Å². The zero-order chi connectivity index (χ0) is 12.8. The first-order valence-electron chi connectivity index (χ1n) is 5.46. The molecule has 0 bridgehead atoms. The molecule has 1 saturated heterocycles. The van der Waals surface area contributed by atoms with Crippen LogP contribution >= 0.6 is 0 Å². The quantitative estimate of drug-likeness (QED) is 0.705. The molecule has 0 N–H and O–H groups in total. The highest BCUT2D eigenvalue weighted by Crippen LogP contribution is 2.32. The van der Waals surface area contributed by atoms with Crippen LogP contribution in [0.15, 0.2) is 0 Å². The predicted octanol–water partition coefficient (Wildman–Crippen LogP) is 1.01. The molecule has 0 spiro atoms. The van der Waals surface area contributed by atoms with Gasteiger partial charge in [0.15, 0.2) is 0 Å². The lowest BCUT2D eigenvalue weighted by Gasteiger charge is -2.52. The van der Waals surface area contributed by atoms with E-state index in [0.717, 1.165) is 0 Å². The Morgan fingerprint density at radius 2 is 0.938 bits per heavy atom.